The summed E-state index contributed by atoms with van der Waals surface area (Å²) in [6, 6.07) is 10.7. The van der Waals surface area contributed by atoms with Gasteiger partial charge in [0.05, 0.1) is 11.8 Å². The highest BCUT2D eigenvalue weighted by Gasteiger charge is 2.03. The molecule has 0 fully saturated rings. The summed E-state index contributed by atoms with van der Waals surface area (Å²) in [5, 5.41) is 22.2. The summed E-state index contributed by atoms with van der Waals surface area (Å²) < 4.78 is 0. The smallest absolute Gasteiger partial charge is 0.221 e. The molecular weight excluding hydrogens is 242 g/mol. The molecule has 6 nitrogen and oxygen atoms in total. The maximum Gasteiger partial charge on any atom is 0.221 e. The van der Waals surface area contributed by atoms with Gasteiger partial charge in [0.15, 0.2) is 5.82 Å². The monoisotopic (exact) mass is 253 g/mol. The van der Waals surface area contributed by atoms with Gasteiger partial charge in [-0.3, -0.25) is 4.79 Å². The van der Waals surface area contributed by atoms with E-state index in [0.29, 0.717) is 17.1 Å². The van der Waals surface area contributed by atoms with Crippen LogP contribution in [0, 0.1) is 11.3 Å². The van der Waals surface area contributed by atoms with Crippen LogP contribution in [-0.2, 0) is 4.79 Å². The first-order valence-corrected chi connectivity index (χ1v) is 5.55. The summed E-state index contributed by atoms with van der Waals surface area (Å²) >= 11 is 0. The maximum atomic E-state index is 10.9. The van der Waals surface area contributed by atoms with E-state index >= 15 is 0 Å². The number of nitrogens with zero attached hydrogens (tertiary/aromatic N) is 3. The van der Waals surface area contributed by atoms with Crippen LogP contribution in [0.3, 0.4) is 0 Å². The lowest BCUT2D eigenvalue weighted by Gasteiger charge is -2.07. The molecule has 0 aliphatic rings. The number of aromatic nitrogens is 2. The van der Waals surface area contributed by atoms with E-state index in [1.165, 1.54) is 13.1 Å². The van der Waals surface area contributed by atoms with E-state index in [1.807, 2.05) is 6.07 Å². The lowest BCUT2D eigenvalue weighted by molar-refractivity contribution is -0.114. The van der Waals surface area contributed by atoms with Crippen molar-refractivity contribution in [3.8, 4) is 6.07 Å². The van der Waals surface area contributed by atoms with Crippen LogP contribution in [0.2, 0.25) is 0 Å². The summed E-state index contributed by atoms with van der Waals surface area (Å²) in [4.78, 5) is 10.9. The van der Waals surface area contributed by atoms with E-state index in [1.54, 1.807) is 30.3 Å². The SMILES string of the molecule is CC(=O)Nc1ccc(Nc2nnccc2C#N)cc1. The van der Waals surface area contributed by atoms with Gasteiger partial charge < -0.3 is 10.6 Å². The highest BCUT2D eigenvalue weighted by Crippen LogP contribution is 2.19. The van der Waals surface area contributed by atoms with Crippen molar-refractivity contribution in [3.63, 3.8) is 0 Å². The van der Waals surface area contributed by atoms with Crippen molar-refractivity contribution >= 4 is 23.1 Å². The quantitative estimate of drug-likeness (QED) is 0.873. The number of nitrogens with one attached hydrogen (secondary N) is 2. The Balaban J connectivity index is 2.16. The van der Waals surface area contributed by atoms with Gasteiger partial charge in [0.1, 0.15) is 6.07 Å². The normalized spacial score (nSPS) is 9.47. The molecule has 6 heteroatoms. The molecule has 2 aromatic rings. The predicted molar refractivity (Wildman–Crippen MR) is 70.8 cm³/mol. The van der Waals surface area contributed by atoms with Gasteiger partial charge in [-0.1, -0.05) is 0 Å². The van der Waals surface area contributed by atoms with Crippen molar-refractivity contribution in [2.24, 2.45) is 0 Å². The third-order valence-corrected chi connectivity index (χ3v) is 2.31. The average Bonchev–Trinajstić information content (AvgIpc) is 2.41. The Labute approximate surface area is 110 Å². The lowest BCUT2D eigenvalue weighted by Crippen LogP contribution is -2.05. The van der Waals surface area contributed by atoms with Gasteiger partial charge in [-0.2, -0.15) is 10.4 Å². The highest BCUT2D eigenvalue weighted by molar-refractivity contribution is 5.88. The van der Waals surface area contributed by atoms with Crippen LogP contribution in [0.25, 0.3) is 0 Å². The third kappa shape index (κ3) is 3.26. The number of carbonyl (C=O) groups is 1. The van der Waals surface area contributed by atoms with Crippen molar-refractivity contribution in [1.82, 2.24) is 10.2 Å². The van der Waals surface area contributed by atoms with Crippen LogP contribution in [-0.4, -0.2) is 16.1 Å². The fourth-order valence-corrected chi connectivity index (χ4v) is 1.49. The number of nitriles is 1. The molecule has 94 valence electrons. The molecule has 2 rings (SSSR count). The first-order valence-electron chi connectivity index (χ1n) is 5.55. The van der Waals surface area contributed by atoms with Gasteiger partial charge in [0.2, 0.25) is 5.91 Å². The summed E-state index contributed by atoms with van der Waals surface area (Å²) in [5.41, 5.74) is 1.88. The molecule has 19 heavy (non-hydrogen) atoms. The molecule has 0 aliphatic carbocycles. The van der Waals surface area contributed by atoms with E-state index < -0.39 is 0 Å². The third-order valence-electron chi connectivity index (χ3n) is 2.31. The zero-order valence-corrected chi connectivity index (χ0v) is 10.2. The molecule has 0 unspecified atom stereocenters. The van der Waals surface area contributed by atoms with Crippen molar-refractivity contribution in [2.45, 2.75) is 6.92 Å². The van der Waals surface area contributed by atoms with E-state index in [9.17, 15) is 4.79 Å². The van der Waals surface area contributed by atoms with Gasteiger partial charge in [0, 0.05) is 18.3 Å². The van der Waals surface area contributed by atoms with Crippen molar-refractivity contribution in [3.05, 3.63) is 42.1 Å². The van der Waals surface area contributed by atoms with E-state index in [-0.39, 0.29) is 5.91 Å². The number of carbonyl (C=O) groups excluding carboxylic acids is 1. The molecule has 1 aromatic heterocycles. The number of rotatable bonds is 3. The van der Waals surface area contributed by atoms with Crippen LogP contribution in [0.5, 0.6) is 0 Å². The molecule has 0 atom stereocenters. The molecule has 2 N–H and O–H groups in total. The molecular formula is C13H11N5O. The first-order chi connectivity index (χ1) is 9.19. The summed E-state index contributed by atoms with van der Waals surface area (Å²) in [6.45, 7) is 1.45. The van der Waals surface area contributed by atoms with E-state index in [0.717, 1.165) is 5.69 Å². The molecule has 1 aromatic carbocycles. The van der Waals surface area contributed by atoms with Gasteiger partial charge in [-0.25, -0.2) is 0 Å². The Bertz CT molecular complexity index is 630. The van der Waals surface area contributed by atoms with Crippen LogP contribution < -0.4 is 10.6 Å². The Morgan fingerprint density at radius 2 is 1.89 bits per heavy atom. The summed E-state index contributed by atoms with van der Waals surface area (Å²) in [5.74, 6) is 0.277. The Hall–Kier alpha value is -2.94. The average molecular weight is 253 g/mol. The second-order valence-corrected chi connectivity index (χ2v) is 3.79. The lowest BCUT2D eigenvalue weighted by atomic mass is 10.2. The number of hydrogen-bond donors (Lipinski definition) is 2. The highest BCUT2D eigenvalue weighted by atomic mass is 16.1. The second kappa shape index (κ2) is 5.60. The Morgan fingerprint density at radius 1 is 1.21 bits per heavy atom. The zero-order chi connectivity index (χ0) is 13.7. The van der Waals surface area contributed by atoms with Gasteiger partial charge >= 0.3 is 0 Å². The Kier molecular flexibility index (Phi) is 3.69. The minimum atomic E-state index is -0.124. The summed E-state index contributed by atoms with van der Waals surface area (Å²) in [6.07, 6.45) is 1.46. The number of anilines is 3. The van der Waals surface area contributed by atoms with Gasteiger partial charge in [-0.15, -0.1) is 5.10 Å². The zero-order valence-electron chi connectivity index (χ0n) is 10.2. The molecule has 0 bridgehead atoms. The largest absolute Gasteiger partial charge is 0.338 e. The van der Waals surface area contributed by atoms with Gasteiger partial charge in [-0.05, 0) is 30.3 Å². The first kappa shape index (κ1) is 12.5. The standard InChI is InChI=1S/C13H11N5O/c1-9(19)16-11-2-4-12(5-3-11)17-13-10(8-14)6-7-15-18-13/h2-7H,1H3,(H,16,19)(H,17,18). The van der Waals surface area contributed by atoms with Crippen molar-refractivity contribution in [1.29, 1.82) is 5.26 Å². The topological polar surface area (TPSA) is 90.7 Å². The number of amides is 1. The van der Waals surface area contributed by atoms with Crippen LogP contribution in [0.15, 0.2) is 36.5 Å². The predicted octanol–water partition coefficient (Wildman–Crippen LogP) is 2.05. The molecule has 0 aliphatic heterocycles. The number of hydrogen-bond acceptors (Lipinski definition) is 5. The van der Waals surface area contributed by atoms with Crippen LogP contribution in [0.1, 0.15) is 12.5 Å². The van der Waals surface area contributed by atoms with E-state index in [4.69, 9.17) is 5.26 Å². The second-order valence-electron chi connectivity index (χ2n) is 3.79. The molecule has 0 radical (unpaired) electrons. The molecule has 0 saturated heterocycles. The van der Waals surface area contributed by atoms with Gasteiger partial charge in [0.25, 0.3) is 0 Å². The van der Waals surface area contributed by atoms with Crippen molar-refractivity contribution in [2.75, 3.05) is 10.6 Å². The minimum Gasteiger partial charge on any atom is -0.338 e. The van der Waals surface area contributed by atoms with Crippen LogP contribution >= 0.6 is 0 Å². The minimum absolute atomic E-state index is 0.124. The molecule has 0 saturated carbocycles. The van der Waals surface area contributed by atoms with Crippen LogP contribution in [0.4, 0.5) is 17.2 Å². The molecule has 0 spiro atoms. The summed E-state index contributed by atoms with van der Waals surface area (Å²) in [7, 11) is 0. The van der Waals surface area contributed by atoms with Crippen molar-refractivity contribution < 1.29 is 4.79 Å². The fraction of sp³-hybridized carbons (Fsp3) is 0.0769. The molecule has 1 amide bonds. The fourth-order valence-electron chi connectivity index (χ4n) is 1.49. The maximum absolute atomic E-state index is 10.9. The van der Waals surface area contributed by atoms with E-state index in [2.05, 4.69) is 20.8 Å². The number of benzene rings is 1. The molecule has 1 heterocycles. The Morgan fingerprint density at radius 3 is 2.53 bits per heavy atom.